The third kappa shape index (κ3) is 4.33. The highest BCUT2D eigenvalue weighted by Crippen LogP contribution is 2.31. The van der Waals surface area contributed by atoms with Crippen molar-refractivity contribution in [2.75, 3.05) is 0 Å². The van der Waals surface area contributed by atoms with E-state index >= 15 is 0 Å². The van der Waals surface area contributed by atoms with Crippen molar-refractivity contribution in [2.45, 2.75) is 17.1 Å². The van der Waals surface area contributed by atoms with Crippen molar-refractivity contribution in [1.29, 1.82) is 0 Å². The zero-order valence-electron chi connectivity index (χ0n) is 15.1. The summed E-state index contributed by atoms with van der Waals surface area (Å²) in [7, 11) is 1.84. The largest absolute Gasteiger partial charge is 0.416 e. The van der Waals surface area contributed by atoms with E-state index in [0.717, 1.165) is 28.3 Å². The second-order valence-corrected chi connectivity index (χ2v) is 7.93. The van der Waals surface area contributed by atoms with Gasteiger partial charge >= 0.3 is 6.18 Å². The molecule has 0 fully saturated rings. The lowest BCUT2D eigenvalue weighted by atomic mass is 10.1. The Balaban J connectivity index is 1.47. The summed E-state index contributed by atoms with van der Waals surface area (Å²) in [5.74, 6) is 1.12. The molecule has 0 spiro atoms. The van der Waals surface area contributed by atoms with Gasteiger partial charge in [0.05, 0.1) is 5.56 Å². The number of thioether (sulfide) groups is 1. The fourth-order valence-electron chi connectivity index (χ4n) is 2.60. The lowest BCUT2D eigenvalue weighted by Crippen LogP contribution is -2.04. The van der Waals surface area contributed by atoms with Gasteiger partial charge in [0.15, 0.2) is 11.0 Å². The molecule has 3 heterocycles. The van der Waals surface area contributed by atoms with E-state index in [0.29, 0.717) is 22.4 Å². The van der Waals surface area contributed by atoms with Gasteiger partial charge in [-0.25, -0.2) is 4.98 Å². The van der Waals surface area contributed by atoms with Gasteiger partial charge in [-0.1, -0.05) is 23.9 Å². The monoisotopic (exact) mass is 433 g/mol. The summed E-state index contributed by atoms with van der Waals surface area (Å²) in [6, 6.07) is 8.94. The highest BCUT2D eigenvalue weighted by Gasteiger charge is 2.29. The van der Waals surface area contributed by atoms with Crippen LogP contribution < -0.4 is 0 Å². The van der Waals surface area contributed by atoms with Crippen LogP contribution in [0.4, 0.5) is 13.2 Å². The predicted octanol–water partition coefficient (Wildman–Crippen LogP) is 5.31. The van der Waals surface area contributed by atoms with Crippen molar-refractivity contribution < 1.29 is 13.2 Å². The van der Waals surface area contributed by atoms with Gasteiger partial charge in [-0.2, -0.15) is 13.2 Å². The molecule has 148 valence electrons. The Bertz CT molecular complexity index is 1110. The second-order valence-electron chi connectivity index (χ2n) is 6.13. The fourth-order valence-corrected chi connectivity index (χ4v) is 4.26. The van der Waals surface area contributed by atoms with Gasteiger partial charge in [0, 0.05) is 36.1 Å². The first-order valence-electron chi connectivity index (χ1n) is 8.46. The van der Waals surface area contributed by atoms with Gasteiger partial charge in [-0.3, -0.25) is 4.98 Å². The number of thiazole rings is 1. The first-order chi connectivity index (χ1) is 13.9. The number of rotatable bonds is 5. The highest BCUT2D eigenvalue weighted by molar-refractivity contribution is 7.98. The molecule has 1 aromatic carbocycles. The minimum absolute atomic E-state index is 0.488. The highest BCUT2D eigenvalue weighted by atomic mass is 32.2. The quantitative estimate of drug-likeness (QED) is 0.399. The number of halogens is 3. The van der Waals surface area contributed by atoms with E-state index < -0.39 is 11.7 Å². The lowest BCUT2D eigenvalue weighted by Gasteiger charge is -2.07. The average molecular weight is 433 g/mol. The number of hydrogen-bond acceptors (Lipinski definition) is 6. The third-order valence-electron chi connectivity index (χ3n) is 4.13. The molecule has 3 aromatic heterocycles. The molecule has 5 nitrogen and oxygen atoms in total. The lowest BCUT2D eigenvalue weighted by molar-refractivity contribution is -0.137. The van der Waals surface area contributed by atoms with Crippen molar-refractivity contribution in [3.05, 3.63) is 65.3 Å². The normalized spacial score (nSPS) is 11.7. The third-order valence-corrected chi connectivity index (χ3v) is 6.11. The number of hydrogen-bond donors (Lipinski definition) is 0. The van der Waals surface area contributed by atoms with Crippen LogP contribution in [0.2, 0.25) is 0 Å². The first-order valence-corrected chi connectivity index (χ1v) is 10.3. The standard InChI is InChI=1S/C19H14F3N5S2/c1-27-16(15-11-28-17(24-15)13-3-2-8-23-9-13)25-26-18(27)29-10-12-4-6-14(7-5-12)19(20,21)22/h2-9,11H,10H2,1H3. The Morgan fingerprint density at radius 2 is 1.90 bits per heavy atom. The molecule has 0 N–H and O–H groups in total. The Morgan fingerprint density at radius 3 is 2.59 bits per heavy atom. The molecule has 10 heteroatoms. The Hall–Kier alpha value is -2.72. The van der Waals surface area contributed by atoms with Gasteiger partial charge in [0.25, 0.3) is 0 Å². The molecule has 0 amide bonds. The second kappa shape index (κ2) is 7.96. The van der Waals surface area contributed by atoms with Crippen molar-refractivity contribution in [2.24, 2.45) is 7.05 Å². The van der Waals surface area contributed by atoms with E-state index in [1.165, 1.54) is 35.2 Å². The number of nitrogens with zero attached hydrogens (tertiary/aromatic N) is 5. The summed E-state index contributed by atoms with van der Waals surface area (Å²) in [4.78, 5) is 8.72. The van der Waals surface area contributed by atoms with E-state index in [1.807, 2.05) is 29.1 Å². The van der Waals surface area contributed by atoms with E-state index in [9.17, 15) is 13.2 Å². The van der Waals surface area contributed by atoms with Crippen molar-refractivity contribution in [1.82, 2.24) is 24.7 Å². The van der Waals surface area contributed by atoms with Crippen LogP contribution in [0.15, 0.2) is 59.3 Å². The molecule has 0 atom stereocenters. The van der Waals surface area contributed by atoms with Crippen LogP contribution in [-0.2, 0) is 19.0 Å². The first kappa shape index (κ1) is 19.6. The number of benzene rings is 1. The molecule has 0 saturated heterocycles. The number of alkyl halides is 3. The molecule has 29 heavy (non-hydrogen) atoms. The molecule has 4 aromatic rings. The minimum atomic E-state index is -4.33. The van der Waals surface area contributed by atoms with E-state index in [4.69, 9.17) is 0 Å². The summed E-state index contributed by atoms with van der Waals surface area (Å²) < 4.78 is 39.8. The van der Waals surface area contributed by atoms with Crippen molar-refractivity contribution in [3.8, 4) is 22.1 Å². The maximum absolute atomic E-state index is 12.7. The smallest absolute Gasteiger partial charge is 0.304 e. The zero-order chi connectivity index (χ0) is 20.4. The van der Waals surface area contributed by atoms with Crippen LogP contribution in [-0.4, -0.2) is 24.7 Å². The number of aromatic nitrogens is 5. The van der Waals surface area contributed by atoms with Gasteiger partial charge in [0.1, 0.15) is 10.7 Å². The van der Waals surface area contributed by atoms with E-state index in [2.05, 4.69) is 20.2 Å². The Labute approximate surface area is 172 Å². The maximum Gasteiger partial charge on any atom is 0.416 e. The van der Waals surface area contributed by atoms with Gasteiger partial charge < -0.3 is 4.57 Å². The van der Waals surface area contributed by atoms with E-state index in [-0.39, 0.29) is 0 Å². The van der Waals surface area contributed by atoms with Crippen LogP contribution in [0.1, 0.15) is 11.1 Å². The topological polar surface area (TPSA) is 56.5 Å². The van der Waals surface area contributed by atoms with Crippen molar-refractivity contribution in [3.63, 3.8) is 0 Å². The van der Waals surface area contributed by atoms with Crippen LogP contribution in [0, 0.1) is 0 Å². The molecule has 0 unspecified atom stereocenters. The summed E-state index contributed by atoms with van der Waals surface area (Å²) in [6.07, 6.45) is -0.863. The summed E-state index contributed by atoms with van der Waals surface area (Å²) >= 11 is 2.90. The minimum Gasteiger partial charge on any atom is -0.304 e. The van der Waals surface area contributed by atoms with Gasteiger partial charge in [-0.05, 0) is 29.8 Å². The van der Waals surface area contributed by atoms with Gasteiger partial charge in [-0.15, -0.1) is 21.5 Å². The average Bonchev–Trinajstić information content (AvgIpc) is 3.33. The summed E-state index contributed by atoms with van der Waals surface area (Å²) in [6.45, 7) is 0. The molecule has 4 rings (SSSR count). The molecule has 0 radical (unpaired) electrons. The summed E-state index contributed by atoms with van der Waals surface area (Å²) in [5, 5.41) is 11.8. The van der Waals surface area contributed by atoms with Crippen molar-refractivity contribution >= 4 is 23.1 Å². The molecule has 0 saturated carbocycles. The van der Waals surface area contributed by atoms with Gasteiger partial charge in [0.2, 0.25) is 0 Å². The van der Waals surface area contributed by atoms with Crippen LogP contribution in [0.3, 0.4) is 0 Å². The molecular formula is C19H14F3N5S2. The SMILES string of the molecule is Cn1c(SCc2ccc(C(F)(F)F)cc2)nnc1-c1csc(-c2cccnc2)n1. The molecule has 0 bridgehead atoms. The van der Waals surface area contributed by atoms with Crippen LogP contribution in [0.25, 0.3) is 22.1 Å². The molecule has 0 aliphatic rings. The summed E-state index contributed by atoms with van der Waals surface area (Å²) in [5.41, 5.74) is 1.77. The Kier molecular flexibility index (Phi) is 5.37. The van der Waals surface area contributed by atoms with Crippen LogP contribution in [0.5, 0.6) is 0 Å². The maximum atomic E-state index is 12.7. The van der Waals surface area contributed by atoms with E-state index in [1.54, 1.807) is 12.4 Å². The fraction of sp³-hybridized carbons (Fsp3) is 0.158. The van der Waals surface area contributed by atoms with Crippen LogP contribution >= 0.6 is 23.1 Å². The number of pyridine rings is 1. The molecule has 0 aliphatic carbocycles. The molecular weight excluding hydrogens is 419 g/mol. The predicted molar refractivity (Wildman–Crippen MR) is 106 cm³/mol. The zero-order valence-corrected chi connectivity index (χ0v) is 16.7. The molecule has 0 aliphatic heterocycles. The Morgan fingerprint density at radius 1 is 1.10 bits per heavy atom.